The Morgan fingerprint density at radius 2 is 1.87 bits per heavy atom. The lowest BCUT2D eigenvalue weighted by molar-refractivity contribution is -0.275. The number of hydrogen-bond acceptors (Lipinski definition) is 6. The number of ether oxygens (including phenoxy) is 1. The maximum absolute atomic E-state index is 14.3. The summed E-state index contributed by atoms with van der Waals surface area (Å²) in [7, 11) is 1.55. The highest BCUT2D eigenvalue weighted by Gasteiger charge is 2.62. The number of alkyl halides is 3. The molecule has 0 aliphatic carbocycles. The molecule has 2 aromatic carbocycles. The van der Waals surface area contributed by atoms with Gasteiger partial charge < -0.3 is 9.57 Å². The molecule has 8 nitrogen and oxygen atoms in total. The van der Waals surface area contributed by atoms with Gasteiger partial charge in [-0.25, -0.2) is 4.68 Å². The summed E-state index contributed by atoms with van der Waals surface area (Å²) in [5.74, 6) is 0.479. The quantitative estimate of drug-likeness (QED) is 0.310. The average molecular weight is 584 g/mol. The Balaban J connectivity index is 1.62. The third kappa shape index (κ3) is 5.48. The smallest absolute Gasteiger partial charge is 0.377 e. The number of aromatic nitrogens is 3. The van der Waals surface area contributed by atoms with Gasteiger partial charge in [0, 0.05) is 47.8 Å². The number of halogens is 5. The first-order valence-electron chi connectivity index (χ1n) is 12.1. The predicted octanol–water partition coefficient (Wildman–Crippen LogP) is 6.31. The van der Waals surface area contributed by atoms with Crippen LogP contribution in [0.5, 0.6) is 0 Å². The number of anilines is 1. The van der Waals surface area contributed by atoms with E-state index in [1.54, 1.807) is 43.8 Å². The zero-order valence-electron chi connectivity index (χ0n) is 21.6. The fraction of sp³-hybridized carbons (Fsp3) is 0.385. The summed E-state index contributed by atoms with van der Waals surface area (Å²) in [6.07, 6.45) is -5.41. The van der Waals surface area contributed by atoms with E-state index in [1.165, 1.54) is 11.0 Å². The van der Waals surface area contributed by atoms with Gasteiger partial charge in [-0.1, -0.05) is 34.4 Å². The zero-order valence-corrected chi connectivity index (χ0v) is 23.2. The second-order valence-corrected chi connectivity index (χ2v) is 9.82. The molecule has 1 unspecified atom stereocenters. The Kier molecular flexibility index (Phi) is 8.25. The highest BCUT2D eigenvalue weighted by atomic mass is 35.5. The van der Waals surface area contributed by atoms with E-state index in [9.17, 15) is 18.0 Å². The Morgan fingerprint density at radius 3 is 2.44 bits per heavy atom. The van der Waals surface area contributed by atoms with E-state index in [0.717, 1.165) is 12.1 Å². The van der Waals surface area contributed by atoms with Crippen molar-refractivity contribution >= 4 is 40.8 Å². The minimum absolute atomic E-state index is 0.0463. The van der Waals surface area contributed by atoms with Crippen LogP contribution in [0.15, 0.2) is 41.6 Å². The van der Waals surface area contributed by atoms with Crippen molar-refractivity contribution in [1.82, 2.24) is 14.8 Å². The summed E-state index contributed by atoms with van der Waals surface area (Å²) in [5, 5.41) is 8.31. The molecule has 39 heavy (non-hydrogen) atoms. The van der Waals surface area contributed by atoms with E-state index in [4.69, 9.17) is 32.8 Å². The van der Waals surface area contributed by atoms with Gasteiger partial charge in [0.05, 0.1) is 5.71 Å². The standard InChI is InChI=1S/C26H26Cl2F3N5O3/c1-5-35(24-32-22(14-38-4)36(6-2)33-24)23(37)20-8-7-16(9-15(20)3)21-13-25(39-34-21,26(29,30)31)17-10-18(27)12-19(28)11-17/h7-12H,5-6,13-14H2,1-4H3. The second-order valence-electron chi connectivity index (χ2n) is 8.94. The number of amides is 1. The van der Waals surface area contributed by atoms with Crippen LogP contribution in [0, 0.1) is 6.92 Å². The molecule has 0 spiro atoms. The minimum atomic E-state index is -4.81. The number of oxime groups is 1. The number of hydrogen-bond donors (Lipinski definition) is 0. The van der Waals surface area contributed by atoms with Crippen molar-refractivity contribution in [3.8, 4) is 0 Å². The van der Waals surface area contributed by atoms with Gasteiger partial charge in [0.1, 0.15) is 6.61 Å². The molecule has 13 heteroatoms. The normalized spacial score (nSPS) is 17.2. The molecule has 208 valence electrons. The first-order valence-corrected chi connectivity index (χ1v) is 12.8. The Morgan fingerprint density at radius 1 is 1.18 bits per heavy atom. The molecule has 0 fully saturated rings. The summed E-state index contributed by atoms with van der Waals surface area (Å²) >= 11 is 12.0. The van der Waals surface area contributed by atoms with Gasteiger partial charge in [-0.05, 0) is 62.2 Å². The Bertz CT molecular complexity index is 1410. The van der Waals surface area contributed by atoms with Crippen molar-refractivity contribution in [3.05, 3.63) is 74.5 Å². The number of methoxy groups -OCH3 is 1. The lowest BCUT2D eigenvalue weighted by atomic mass is 9.86. The van der Waals surface area contributed by atoms with Gasteiger partial charge in [-0.3, -0.25) is 9.69 Å². The molecule has 0 saturated carbocycles. The molecule has 1 amide bonds. The number of nitrogens with zero attached hydrogens (tertiary/aromatic N) is 5. The summed E-state index contributed by atoms with van der Waals surface area (Å²) in [6.45, 7) is 6.50. The second kappa shape index (κ2) is 11.1. The molecule has 0 saturated heterocycles. The van der Waals surface area contributed by atoms with Crippen molar-refractivity contribution in [2.75, 3.05) is 18.6 Å². The van der Waals surface area contributed by atoms with Crippen molar-refractivity contribution in [3.63, 3.8) is 0 Å². The van der Waals surface area contributed by atoms with E-state index in [0.29, 0.717) is 35.6 Å². The number of benzene rings is 2. The van der Waals surface area contributed by atoms with E-state index >= 15 is 0 Å². The third-order valence-corrected chi connectivity index (χ3v) is 6.85. The van der Waals surface area contributed by atoms with Crippen molar-refractivity contribution in [2.45, 2.75) is 52.1 Å². The molecule has 3 aromatic rings. The monoisotopic (exact) mass is 583 g/mol. The van der Waals surface area contributed by atoms with Crippen LogP contribution in [-0.4, -0.2) is 46.2 Å². The van der Waals surface area contributed by atoms with Crippen LogP contribution in [0.4, 0.5) is 19.1 Å². The molecule has 0 N–H and O–H groups in total. The molecule has 0 bridgehead atoms. The zero-order chi connectivity index (χ0) is 28.5. The lowest BCUT2D eigenvalue weighted by Crippen LogP contribution is -2.42. The molecule has 1 aliphatic heterocycles. The Hall–Kier alpha value is -3.15. The van der Waals surface area contributed by atoms with Gasteiger partial charge in [0.25, 0.3) is 17.5 Å². The number of rotatable bonds is 8. The summed E-state index contributed by atoms with van der Waals surface area (Å²) in [5.41, 5.74) is -1.64. The first-order chi connectivity index (χ1) is 18.4. The molecule has 1 aliphatic rings. The SMILES string of the molecule is CCN(C(=O)c1ccc(C2=NOC(c3cc(Cl)cc(Cl)c3)(C(F)(F)F)C2)cc1C)c1nc(COC)n(CC)n1. The molecule has 0 radical (unpaired) electrons. The Labute approximate surface area is 233 Å². The lowest BCUT2D eigenvalue weighted by Gasteiger charge is -2.29. The fourth-order valence-corrected chi connectivity index (χ4v) is 4.94. The number of carbonyl (C=O) groups excluding carboxylic acids is 1. The van der Waals surface area contributed by atoms with Crippen LogP contribution in [0.2, 0.25) is 10.0 Å². The van der Waals surface area contributed by atoms with Crippen molar-refractivity contribution in [2.24, 2.45) is 5.16 Å². The van der Waals surface area contributed by atoms with E-state index in [2.05, 4.69) is 15.2 Å². The number of aryl methyl sites for hydroxylation is 2. The average Bonchev–Trinajstić information content (AvgIpc) is 3.49. The highest BCUT2D eigenvalue weighted by Crippen LogP contribution is 2.49. The maximum atomic E-state index is 14.3. The van der Waals surface area contributed by atoms with Crippen LogP contribution >= 0.6 is 23.2 Å². The van der Waals surface area contributed by atoms with Gasteiger partial charge in [-0.15, -0.1) is 5.10 Å². The molecular weight excluding hydrogens is 558 g/mol. The predicted molar refractivity (Wildman–Crippen MR) is 141 cm³/mol. The van der Waals surface area contributed by atoms with Crippen LogP contribution < -0.4 is 4.90 Å². The molecule has 1 aromatic heterocycles. The first kappa shape index (κ1) is 28.8. The summed E-state index contributed by atoms with van der Waals surface area (Å²) in [6, 6.07) is 8.37. The summed E-state index contributed by atoms with van der Waals surface area (Å²) < 4.78 is 49.8. The topological polar surface area (TPSA) is 81.8 Å². The van der Waals surface area contributed by atoms with Crippen LogP contribution in [-0.2, 0) is 28.3 Å². The van der Waals surface area contributed by atoms with Gasteiger partial charge in [0.2, 0.25) is 0 Å². The van der Waals surface area contributed by atoms with Gasteiger partial charge in [0.15, 0.2) is 5.82 Å². The van der Waals surface area contributed by atoms with E-state index < -0.39 is 18.2 Å². The van der Waals surface area contributed by atoms with Crippen molar-refractivity contribution in [1.29, 1.82) is 0 Å². The van der Waals surface area contributed by atoms with Gasteiger partial charge in [-0.2, -0.15) is 18.2 Å². The molecule has 1 atom stereocenters. The molecule has 4 rings (SSSR count). The van der Waals surface area contributed by atoms with Gasteiger partial charge >= 0.3 is 6.18 Å². The van der Waals surface area contributed by atoms with E-state index in [1.807, 2.05) is 6.92 Å². The van der Waals surface area contributed by atoms with Crippen LogP contribution in [0.1, 0.15) is 53.1 Å². The van der Waals surface area contributed by atoms with Crippen LogP contribution in [0.25, 0.3) is 0 Å². The minimum Gasteiger partial charge on any atom is -0.377 e. The highest BCUT2D eigenvalue weighted by molar-refractivity contribution is 6.34. The molecular formula is C26H26Cl2F3N5O3. The van der Waals surface area contributed by atoms with Crippen LogP contribution in [0.3, 0.4) is 0 Å². The van der Waals surface area contributed by atoms with E-state index in [-0.39, 0.29) is 39.8 Å². The summed E-state index contributed by atoms with van der Waals surface area (Å²) in [4.78, 5) is 24.4. The molecule has 2 heterocycles. The third-order valence-electron chi connectivity index (χ3n) is 6.42. The maximum Gasteiger partial charge on any atom is 0.435 e. The van der Waals surface area contributed by atoms with Crippen molar-refractivity contribution < 1.29 is 27.5 Å². The fourth-order valence-electron chi connectivity index (χ4n) is 4.41. The largest absolute Gasteiger partial charge is 0.435 e. The number of carbonyl (C=O) groups is 1.